The van der Waals surface area contributed by atoms with Gasteiger partial charge in [0.15, 0.2) is 0 Å². The molecule has 0 atom stereocenters. The van der Waals surface area contributed by atoms with Gasteiger partial charge >= 0.3 is 30.5 Å². The quantitative estimate of drug-likeness (QED) is 0.0182. The van der Waals surface area contributed by atoms with Crippen molar-refractivity contribution < 1.29 is 105 Å². The molecule has 5 amide bonds. The molecule has 0 fully saturated rings. The molecule has 0 aromatic heterocycles. The van der Waals surface area contributed by atoms with Gasteiger partial charge in [0.25, 0.3) is 0 Å². The molecule has 0 saturated heterocycles. The molecule has 0 saturated carbocycles. The number of rotatable bonds is 22. The number of alkyl halides is 3. The Hall–Kier alpha value is -11.9. The number of benzene rings is 10. The van der Waals surface area contributed by atoms with Crippen LogP contribution in [0.4, 0.5) is 65.2 Å². The number of anilines is 5. The lowest BCUT2D eigenvalue weighted by atomic mass is 10.00. The minimum absolute atomic E-state index is 0.00888. The van der Waals surface area contributed by atoms with E-state index in [1.54, 1.807) is 49.4 Å². The maximum atomic E-state index is 13.5. The number of halogens is 6. The number of nitrogens with zero attached hydrogens (tertiary/aromatic N) is 4. The SMILES string of the molecule is CCC(=O)Nc1c(COc2ccc(C)cc2C)cccc1C(F)(F)F.COC(=O)N(O)c1ccc(Br)cc1COc1ccc(C)cc1C.COC(=O)N(O)c1ccc(C(C)C)cc1COc1ccc(C)cc1C.COC(=O)N(O)c1ccc(Cl)cc1COc1ccc(C)cc1C.COC(=O)N(O)c1ccc(F)cc1COc1ccc(C)cc1C. The molecule has 5 N–H and O–H groups in total. The Bertz CT molecular complexity index is 4860. The third-order valence-electron chi connectivity index (χ3n) is 17.8. The Morgan fingerprint density at radius 1 is 0.412 bits per heavy atom. The molecule has 634 valence electrons. The van der Waals surface area contributed by atoms with Crippen molar-refractivity contribution in [2.75, 3.05) is 54.0 Å². The van der Waals surface area contributed by atoms with E-state index in [0.717, 1.165) is 96.6 Å². The lowest BCUT2D eigenvalue weighted by Gasteiger charge is -2.20. The summed E-state index contributed by atoms with van der Waals surface area (Å²) in [7, 11) is 4.75. The number of aryl methyl sites for hydroxylation is 10. The number of carbonyl (C=O) groups excluding carboxylic acids is 5. The molecule has 0 aliphatic rings. The molecule has 10 aromatic rings. The van der Waals surface area contributed by atoms with Gasteiger partial charge in [-0.3, -0.25) is 25.6 Å². The van der Waals surface area contributed by atoms with Crippen molar-refractivity contribution >= 4 is 86.2 Å². The summed E-state index contributed by atoms with van der Waals surface area (Å²) < 4.78 is 101. The van der Waals surface area contributed by atoms with Crippen molar-refractivity contribution in [1.82, 2.24) is 0 Å². The highest BCUT2D eigenvalue weighted by atomic mass is 79.9. The minimum atomic E-state index is -4.56. The van der Waals surface area contributed by atoms with Gasteiger partial charge in [-0.15, -0.1) is 0 Å². The largest absolute Gasteiger partial charge is 0.489 e. The first-order chi connectivity index (χ1) is 56.3. The maximum Gasteiger partial charge on any atom is 0.438 e. The highest BCUT2D eigenvalue weighted by Gasteiger charge is 2.35. The number of hydroxylamine groups is 4. The molecule has 0 spiro atoms. The van der Waals surface area contributed by atoms with Crippen LogP contribution in [0.25, 0.3) is 0 Å². The normalized spacial score (nSPS) is 10.6. The van der Waals surface area contributed by atoms with E-state index in [1.807, 2.05) is 166 Å². The Morgan fingerprint density at radius 2 is 0.723 bits per heavy atom. The van der Waals surface area contributed by atoms with Crippen molar-refractivity contribution in [3.05, 3.63) is 292 Å². The number of carbonyl (C=O) groups is 5. The molecule has 0 aliphatic heterocycles. The predicted molar refractivity (Wildman–Crippen MR) is 451 cm³/mol. The summed E-state index contributed by atoms with van der Waals surface area (Å²) in [6.07, 6.45) is -8.04. The van der Waals surface area contributed by atoms with Crippen molar-refractivity contribution in [1.29, 1.82) is 0 Å². The van der Waals surface area contributed by atoms with Gasteiger partial charge in [-0.2, -0.15) is 33.4 Å². The second kappa shape index (κ2) is 45.7. The van der Waals surface area contributed by atoms with E-state index in [1.165, 1.54) is 57.2 Å². The van der Waals surface area contributed by atoms with E-state index in [-0.39, 0.29) is 62.1 Å². The van der Waals surface area contributed by atoms with Crippen molar-refractivity contribution in [3.63, 3.8) is 0 Å². The van der Waals surface area contributed by atoms with Gasteiger partial charge < -0.3 is 47.9 Å². The van der Waals surface area contributed by atoms with Crippen LogP contribution in [0.2, 0.25) is 5.02 Å². The second-order valence-electron chi connectivity index (χ2n) is 27.5. The molecule has 0 unspecified atom stereocenters. The van der Waals surface area contributed by atoms with Gasteiger partial charge in [0.05, 0.1) is 62.4 Å². The monoisotopic (exact) mass is 1730 g/mol. The first kappa shape index (κ1) is 95.9. The van der Waals surface area contributed by atoms with E-state index in [9.17, 15) is 62.4 Å². The van der Waals surface area contributed by atoms with Gasteiger partial charge in [-0.1, -0.05) is 155 Å². The zero-order valence-electron chi connectivity index (χ0n) is 69.2. The molecule has 0 heterocycles. The maximum absolute atomic E-state index is 13.5. The van der Waals surface area contributed by atoms with E-state index >= 15 is 0 Å². The number of para-hydroxylation sites is 1. The standard InChI is InChI=1S/C20H25NO4.C19H20F3NO2.C17H18BrNO4.C17H18ClNO4.C17H18FNO4/c1-13(2)16-7-8-18(21(23)20(22)24-5)17(11-16)12-25-19-9-6-14(3)10-15(19)4;1-4-17(24)23-18-14(6-5-7-15(18)19(20,21)22)11-25-16-9-8-12(2)10-13(16)3;3*1-11-4-7-16(12(2)8-11)23-10-13-9-14(18)5-6-15(13)19(21)17(20)22-3/h6-11,13,23H,12H2,1-5H3;5-10H,4,11H2,1-3H3,(H,23,24);3*4-9,21H,10H2,1-3H3. The van der Waals surface area contributed by atoms with Gasteiger partial charge in [0.1, 0.15) is 67.6 Å². The molecule has 0 radical (unpaired) electrons. The van der Waals surface area contributed by atoms with Crippen molar-refractivity contribution in [2.24, 2.45) is 0 Å². The smallest absolute Gasteiger partial charge is 0.438 e. The summed E-state index contributed by atoms with van der Waals surface area (Å²) >= 11 is 9.37. The highest BCUT2D eigenvalue weighted by molar-refractivity contribution is 9.10. The summed E-state index contributed by atoms with van der Waals surface area (Å²) in [4.78, 5) is 57.8. The zero-order chi connectivity index (χ0) is 88.1. The van der Waals surface area contributed by atoms with Crippen molar-refractivity contribution in [3.8, 4) is 28.7 Å². The number of ether oxygens (including phenoxy) is 9. The molecular formula is C90H99BrClF4N5O18. The molecular weight excluding hydrogens is 1630 g/mol. The predicted octanol–water partition coefficient (Wildman–Crippen LogP) is 23.3. The van der Waals surface area contributed by atoms with E-state index in [2.05, 4.69) is 54.0 Å². The second-order valence-corrected chi connectivity index (χ2v) is 28.9. The number of methoxy groups -OCH3 is 4. The number of hydrogen-bond acceptors (Lipinski definition) is 18. The first-order valence-electron chi connectivity index (χ1n) is 37.1. The summed E-state index contributed by atoms with van der Waals surface area (Å²) in [6, 6.07) is 51.8. The third-order valence-corrected chi connectivity index (χ3v) is 18.5. The Labute approximate surface area is 703 Å². The first-order valence-corrected chi connectivity index (χ1v) is 38.2. The fourth-order valence-corrected chi connectivity index (χ4v) is 12.2. The fraction of sp³-hybridized carbons (Fsp3) is 0.278. The minimum Gasteiger partial charge on any atom is -0.489 e. The van der Waals surface area contributed by atoms with Crippen molar-refractivity contribution in [2.45, 2.75) is 142 Å². The van der Waals surface area contributed by atoms with E-state index < -0.39 is 47.8 Å². The average Bonchev–Trinajstić information content (AvgIpc) is 0.812. The van der Waals surface area contributed by atoms with Gasteiger partial charge in [-0.25, -0.2) is 23.6 Å². The molecule has 23 nitrogen and oxygen atoms in total. The topological polar surface area (TPSA) is 274 Å². The van der Waals surface area contributed by atoms with Crippen LogP contribution in [-0.4, -0.2) is 79.5 Å². The highest BCUT2D eigenvalue weighted by Crippen LogP contribution is 2.39. The molecule has 10 aromatic carbocycles. The lowest BCUT2D eigenvalue weighted by Crippen LogP contribution is -2.28. The molecule has 0 bridgehead atoms. The number of amides is 5. The molecule has 29 heteroatoms. The summed E-state index contributed by atoms with van der Waals surface area (Å²) in [6.45, 7) is 25.9. The molecule has 0 aliphatic carbocycles. The van der Waals surface area contributed by atoms with Crippen LogP contribution in [0.3, 0.4) is 0 Å². The van der Waals surface area contributed by atoms with Gasteiger partial charge in [0, 0.05) is 43.7 Å². The number of hydrogen-bond donors (Lipinski definition) is 5. The van der Waals surface area contributed by atoms with Crippen LogP contribution >= 0.6 is 27.5 Å². The van der Waals surface area contributed by atoms with E-state index in [4.69, 9.17) is 35.3 Å². The van der Waals surface area contributed by atoms with Gasteiger partial charge in [-0.05, 0) is 212 Å². The Kier molecular flexibility index (Phi) is 36.8. The van der Waals surface area contributed by atoms with E-state index in [0.29, 0.717) is 76.3 Å². The molecule has 119 heavy (non-hydrogen) atoms. The van der Waals surface area contributed by atoms with Crippen LogP contribution < -0.4 is 49.3 Å². The van der Waals surface area contributed by atoms with Crippen LogP contribution in [0.5, 0.6) is 28.7 Å². The zero-order valence-corrected chi connectivity index (χ0v) is 71.5. The van der Waals surface area contributed by atoms with Gasteiger partial charge in [0.2, 0.25) is 5.91 Å². The summed E-state index contributed by atoms with van der Waals surface area (Å²) in [5.74, 6) is 2.83. The van der Waals surface area contributed by atoms with Crippen LogP contribution in [0, 0.1) is 75.1 Å². The third kappa shape index (κ3) is 28.7. The van der Waals surface area contributed by atoms with Crippen LogP contribution in [0.1, 0.15) is 128 Å². The summed E-state index contributed by atoms with van der Waals surface area (Å²) in [5.41, 5.74) is 14.0. The van der Waals surface area contributed by atoms with Crippen LogP contribution in [-0.2, 0) is 63.0 Å². The molecule has 10 rings (SSSR count). The number of nitrogens with one attached hydrogen (secondary N) is 1. The average molecular weight is 1730 g/mol. The summed E-state index contributed by atoms with van der Waals surface area (Å²) in [5, 5.41) is 44.3. The Morgan fingerprint density at radius 3 is 1.05 bits per heavy atom. The van der Waals surface area contributed by atoms with Crippen LogP contribution in [0.15, 0.2) is 186 Å². The lowest BCUT2D eigenvalue weighted by molar-refractivity contribution is -0.137. The fourth-order valence-electron chi connectivity index (χ4n) is 11.6. The Balaban J connectivity index is 0.000000231.